The number of benzene rings is 2. The molecular formula is C18H26O2. The molecule has 0 amide bonds. The van der Waals surface area contributed by atoms with Crippen molar-refractivity contribution in [3.05, 3.63) is 60.7 Å². The zero-order valence-electron chi connectivity index (χ0n) is 12.8. The van der Waals surface area contributed by atoms with Crippen LogP contribution in [-0.2, 0) is 0 Å². The van der Waals surface area contributed by atoms with E-state index < -0.39 is 0 Å². The van der Waals surface area contributed by atoms with Crippen molar-refractivity contribution < 1.29 is 10.2 Å². The van der Waals surface area contributed by atoms with E-state index in [1.165, 1.54) is 11.1 Å². The third-order valence-electron chi connectivity index (χ3n) is 1.88. The highest BCUT2D eigenvalue weighted by Crippen LogP contribution is 2.17. The van der Waals surface area contributed by atoms with E-state index in [0.717, 1.165) is 0 Å². The average Bonchev–Trinajstić information content (AvgIpc) is 2.39. The largest absolute Gasteiger partial charge is 0.394 e. The predicted octanol–water partition coefficient (Wildman–Crippen LogP) is 4.13. The van der Waals surface area contributed by atoms with Crippen molar-refractivity contribution in [1.29, 1.82) is 0 Å². The van der Waals surface area contributed by atoms with E-state index >= 15 is 0 Å². The van der Waals surface area contributed by atoms with E-state index in [4.69, 9.17) is 10.2 Å². The Morgan fingerprint density at radius 2 is 0.750 bits per heavy atom. The van der Waals surface area contributed by atoms with Gasteiger partial charge in [0.1, 0.15) is 0 Å². The molecule has 0 radical (unpaired) electrons. The van der Waals surface area contributed by atoms with E-state index in [0.29, 0.717) is 0 Å². The van der Waals surface area contributed by atoms with Gasteiger partial charge in [-0.2, -0.15) is 0 Å². The first kappa shape index (κ1) is 18.4. The number of aliphatic hydroxyl groups is 2. The average molecular weight is 274 g/mol. The van der Waals surface area contributed by atoms with Crippen LogP contribution in [0, 0.1) is 0 Å². The molecule has 0 saturated heterocycles. The van der Waals surface area contributed by atoms with Crippen molar-refractivity contribution in [2.75, 3.05) is 0 Å². The molecule has 0 saturated carbocycles. The lowest BCUT2D eigenvalue weighted by Crippen LogP contribution is -1.85. The molecular weight excluding hydrogens is 248 g/mol. The van der Waals surface area contributed by atoms with Crippen molar-refractivity contribution in [2.24, 2.45) is 0 Å². The van der Waals surface area contributed by atoms with Gasteiger partial charge in [-0.3, -0.25) is 0 Å². The SMILES string of the molecule is CC(C)O.CC(C)O.c1ccc(-c2ccccc2)cc1. The Bertz CT molecular complexity index is 373. The fourth-order valence-electron chi connectivity index (χ4n) is 1.26. The molecule has 2 heteroatoms. The molecule has 0 aliphatic carbocycles. The maximum atomic E-state index is 8.06. The molecule has 0 unspecified atom stereocenters. The van der Waals surface area contributed by atoms with Crippen LogP contribution >= 0.6 is 0 Å². The van der Waals surface area contributed by atoms with Gasteiger partial charge in [0.25, 0.3) is 0 Å². The summed E-state index contributed by atoms with van der Waals surface area (Å²) in [6.07, 6.45) is -0.333. The highest BCUT2D eigenvalue weighted by Gasteiger charge is 1.91. The maximum absolute atomic E-state index is 8.06. The summed E-state index contributed by atoms with van der Waals surface area (Å²) in [6.45, 7) is 6.89. The Morgan fingerprint density at radius 3 is 0.950 bits per heavy atom. The fourth-order valence-corrected chi connectivity index (χ4v) is 1.26. The Balaban J connectivity index is 0.000000380. The lowest BCUT2D eigenvalue weighted by atomic mass is 10.1. The number of aliphatic hydroxyl groups excluding tert-OH is 2. The molecule has 0 aromatic heterocycles. The molecule has 0 aliphatic heterocycles. The van der Waals surface area contributed by atoms with Crippen LogP contribution in [0.4, 0.5) is 0 Å². The zero-order chi connectivity index (χ0) is 15.4. The minimum absolute atomic E-state index is 0.167. The Hall–Kier alpha value is -1.64. The lowest BCUT2D eigenvalue weighted by molar-refractivity contribution is 0.215. The fraction of sp³-hybridized carbons (Fsp3) is 0.333. The minimum Gasteiger partial charge on any atom is -0.394 e. The molecule has 0 spiro atoms. The van der Waals surface area contributed by atoms with Crippen LogP contribution in [0.15, 0.2) is 60.7 Å². The Morgan fingerprint density at radius 1 is 0.550 bits per heavy atom. The third-order valence-corrected chi connectivity index (χ3v) is 1.88. The van der Waals surface area contributed by atoms with Crippen molar-refractivity contribution in [3.63, 3.8) is 0 Å². The highest BCUT2D eigenvalue weighted by molar-refractivity contribution is 5.62. The van der Waals surface area contributed by atoms with Crippen LogP contribution in [0.2, 0.25) is 0 Å². The molecule has 0 atom stereocenters. The molecule has 0 heterocycles. The van der Waals surface area contributed by atoms with Crippen molar-refractivity contribution in [2.45, 2.75) is 39.9 Å². The van der Waals surface area contributed by atoms with Crippen molar-refractivity contribution >= 4 is 0 Å². The van der Waals surface area contributed by atoms with E-state index in [2.05, 4.69) is 48.5 Å². The second-order valence-corrected chi connectivity index (χ2v) is 4.92. The molecule has 2 rings (SSSR count). The normalized spacial score (nSPS) is 9.40. The molecule has 2 aromatic rings. The molecule has 0 fully saturated rings. The van der Waals surface area contributed by atoms with Crippen LogP contribution in [-0.4, -0.2) is 22.4 Å². The van der Waals surface area contributed by atoms with Gasteiger partial charge in [-0.25, -0.2) is 0 Å². The van der Waals surface area contributed by atoms with E-state index in [9.17, 15) is 0 Å². The highest BCUT2D eigenvalue weighted by atomic mass is 16.3. The summed E-state index contributed by atoms with van der Waals surface area (Å²) >= 11 is 0. The third kappa shape index (κ3) is 11.5. The molecule has 0 aliphatic rings. The van der Waals surface area contributed by atoms with Gasteiger partial charge in [0, 0.05) is 12.2 Å². The van der Waals surface area contributed by atoms with Crippen molar-refractivity contribution in [1.82, 2.24) is 0 Å². The smallest absolute Gasteiger partial charge is 0.0483 e. The van der Waals surface area contributed by atoms with Gasteiger partial charge in [-0.15, -0.1) is 0 Å². The zero-order valence-corrected chi connectivity index (χ0v) is 12.8. The summed E-state index contributed by atoms with van der Waals surface area (Å²) in [4.78, 5) is 0. The van der Waals surface area contributed by atoms with Crippen LogP contribution in [0.3, 0.4) is 0 Å². The second-order valence-electron chi connectivity index (χ2n) is 4.92. The first-order valence-corrected chi connectivity index (χ1v) is 6.90. The van der Waals surface area contributed by atoms with Crippen molar-refractivity contribution in [3.8, 4) is 11.1 Å². The first-order chi connectivity index (χ1) is 9.43. The van der Waals surface area contributed by atoms with Gasteiger partial charge in [0.15, 0.2) is 0 Å². The maximum Gasteiger partial charge on any atom is 0.0483 e. The molecule has 2 nitrogen and oxygen atoms in total. The van der Waals surface area contributed by atoms with Gasteiger partial charge in [-0.05, 0) is 38.8 Å². The summed E-state index contributed by atoms with van der Waals surface area (Å²) in [7, 11) is 0. The quantitative estimate of drug-likeness (QED) is 0.821. The summed E-state index contributed by atoms with van der Waals surface area (Å²) in [5, 5.41) is 16.1. The monoisotopic (exact) mass is 274 g/mol. The van der Waals surface area contributed by atoms with E-state index in [-0.39, 0.29) is 12.2 Å². The predicted molar refractivity (Wildman–Crippen MR) is 86.6 cm³/mol. The summed E-state index contributed by atoms with van der Waals surface area (Å²) < 4.78 is 0. The summed E-state index contributed by atoms with van der Waals surface area (Å²) in [5.41, 5.74) is 2.55. The van der Waals surface area contributed by atoms with Gasteiger partial charge >= 0.3 is 0 Å². The standard InChI is InChI=1S/C12H10.2C3H8O/c1-3-7-11(8-4-1)12-9-5-2-6-10-12;2*1-3(2)4/h1-10H;2*3-4H,1-2H3. The summed E-state index contributed by atoms with van der Waals surface area (Å²) in [5.74, 6) is 0. The van der Waals surface area contributed by atoms with Crippen LogP contribution in [0.5, 0.6) is 0 Å². The molecule has 20 heavy (non-hydrogen) atoms. The number of rotatable bonds is 1. The van der Waals surface area contributed by atoms with E-state index in [1.54, 1.807) is 27.7 Å². The Kier molecular flexibility index (Phi) is 10.3. The Labute approximate surface area is 122 Å². The van der Waals surface area contributed by atoms with Gasteiger partial charge in [-0.1, -0.05) is 60.7 Å². The number of hydrogen-bond acceptors (Lipinski definition) is 2. The van der Waals surface area contributed by atoms with Crippen LogP contribution < -0.4 is 0 Å². The molecule has 110 valence electrons. The lowest BCUT2D eigenvalue weighted by Gasteiger charge is -1.98. The first-order valence-electron chi connectivity index (χ1n) is 6.90. The topological polar surface area (TPSA) is 40.5 Å². The van der Waals surface area contributed by atoms with E-state index in [1.807, 2.05) is 12.1 Å². The molecule has 2 N–H and O–H groups in total. The van der Waals surface area contributed by atoms with Crippen LogP contribution in [0.1, 0.15) is 27.7 Å². The van der Waals surface area contributed by atoms with Gasteiger partial charge in [0.05, 0.1) is 0 Å². The van der Waals surface area contributed by atoms with Gasteiger partial charge < -0.3 is 10.2 Å². The molecule has 0 bridgehead atoms. The second kappa shape index (κ2) is 11.2. The summed E-state index contributed by atoms with van der Waals surface area (Å²) in [6, 6.07) is 20.8. The van der Waals surface area contributed by atoms with Crippen LogP contribution in [0.25, 0.3) is 11.1 Å². The van der Waals surface area contributed by atoms with Gasteiger partial charge in [0.2, 0.25) is 0 Å². The minimum atomic E-state index is -0.167. The molecule has 2 aromatic carbocycles. The number of hydrogen-bond donors (Lipinski definition) is 2.